The molecule has 3 nitrogen and oxygen atoms in total. The normalized spacial score (nSPS) is 11.5. The Morgan fingerprint density at radius 2 is 0.703 bits per heavy atom. The Labute approximate surface area is 229 Å². The first kappa shape index (κ1) is 31.2. The van der Waals surface area contributed by atoms with Gasteiger partial charge in [-0.3, -0.25) is 0 Å². The van der Waals surface area contributed by atoms with Crippen LogP contribution in [0.3, 0.4) is 0 Å². The molecule has 0 spiro atoms. The van der Waals surface area contributed by atoms with Crippen LogP contribution in [0.5, 0.6) is 11.5 Å². The fraction of sp³-hybridized carbons (Fsp3) is 0.647. The highest BCUT2D eigenvalue weighted by molar-refractivity contribution is 5.21. The summed E-state index contributed by atoms with van der Waals surface area (Å²) in [5, 5.41) is 0. The predicted octanol–water partition coefficient (Wildman–Crippen LogP) is 9.46. The van der Waals surface area contributed by atoms with E-state index in [0.717, 1.165) is 24.7 Å². The third-order valence-electron chi connectivity index (χ3n) is 7.34. The van der Waals surface area contributed by atoms with Gasteiger partial charge in [-0.25, -0.2) is 0 Å². The van der Waals surface area contributed by atoms with Crippen molar-refractivity contribution in [2.75, 3.05) is 40.4 Å². The van der Waals surface area contributed by atoms with Crippen molar-refractivity contribution in [2.24, 2.45) is 0 Å². The van der Waals surface area contributed by atoms with Crippen molar-refractivity contribution in [3.63, 3.8) is 0 Å². The molecule has 2 aromatic rings. The molecule has 0 aromatic heterocycles. The van der Waals surface area contributed by atoms with Gasteiger partial charge in [0.05, 0.1) is 40.4 Å². The number of para-hydroxylation sites is 2. The number of unbranched alkanes of at least 4 members (excludes halogenated alkanes) is 14. The maximum Gasteiger partial charge on any atom is 0.119 e. The molecule has 0 saturated heterocycles. The molecule has 37 heavy (non-hydrogen) atoms. The zero-order chi connectivity index (χ0) is 26.3. The van der Waals surface area contributed by atoms with Gasteiger partial charge >= 0.3 is 0 Å². The largest absolute Gasteiger partial charge is 0.494 e. The lowest BCUT2D eigenvalue weighted by atomic mass is 10.1. The van der Waals surface area contributed by atoms with E-state index in [-0.39, 0.29) is 0 Å². The molecule has 0 bridgehead atoms. The monoisotopic (exact) mass is 510 g/mol. The van der Waals surface area contributed by atoms with Gasteiger partial charge in [0.1, 0.15) is 11.5 Å². The first-order valence-electron chi connectivity index (χ1n) is 15.3. The molecule has 2 aromatic carbocycles. The second-order valence-electron chi connectivity index (χ2n) is 11.4. The molecule has 0 radical (unpaired) electrons. The Morgan fingerprint density at radius 3 is 1.05 bits per heavy atom. The Bertz CT molecular complexity index is 683. The average Bonchev–Trinajstić information content (AvgIpc) is 2.91. The van der Waals surface area contributed by atoms with Crippen LogP contribution in [-0.4, -0.2) is 44.9 Å². The van der Waals surface area contributed by atoms with Crippen LogP contribution >= 0.6 is 0 Å². The number of nitrogens with zero attached hydrogens (tertiary/aromatic N) is 1. The third kappa shape index (κ3) is 18.0. The maximum absolute atomic E-state index is 5.77. The highest BCUT2D eigenvalue weighted by atomic mass is 16.5. The fourth-order valence-corrected chi connectivity index (χ4v) is 4.93. The van der Waals surface area contributed by atoms with Crippen LogP contribution < -0.4 is 9.47 Å². The summed E-state index contributed by atoms with van der Waals surface area (Å²) < 4.78 is 12.7. The van der Waals surface area contributed by atoms with Crippen LogP contribution in [-0.2, 0) is 0 Å². The molecule has 0 aliphatic rings. The molecule has 0 fully saturated rings. The molecule has 0 aliphatic carbocycles. The minimum atomic E-state index is 0.850. The van der Waals surface area contributed by atoms with Gasteiger partial charge in [0.15, 0.2) is 0 Å². The zero-order valence-corrected chi connectivity index (χ0v) is 24.2. The molecule has 0 atom stereocenters. The van der Waals surface area contributed by atoms with E-state index >= 15 is 0 Å². The van der Waals surface area contributed by atoms with Crippen LogP contribution in [0.25, 0.3) is 0 Å². The van der Waals surface area contributed by atoms with Gasteiger partial charge in [-0.15, -0.1) is 0 Å². The molecule has 2 rings (SSSR count). The van der Waals surface area contributed by atoms with Gasteiger partial charge in [0, 0.05) is 0 Å². The summed E-state index contributed by atoms with van der Waals surface area (Å²) in [5.41, 5.74) is 0. The van der Waals surface area contributed by atoms with Crippen LogP contribution in [0.1, 0.15) is 103 Å². The van der Waals surface area contributed by atoms with Crippen molar-refractivity contribution in [2.45, 2.75) is 103 Å². The first-order valence-corrected chi connectivity index (χ1v) is 15.3. The van der Waals surface area contributed by atoms with E-state index in [4.69, 9.17) is 9.47 Å². The Balaban J connectivity index is 1.28. The van der Waals surface area contributed by atoms with E-state index in [1.807, 2.05) is 60.7 Å². The SMILES string of the molecule is C[N+](C)(CCCCCCCCCCOc1ccccc1)CCCCCCCCCCOc1ccccc1. The van der Waals surface area contributed by atoms with E-state index in [0.29, 0.717) is 0 Å². The molecule has 0 heterocycles. The van der Waals surface area contributed by atoms with Crippen LogP contribution in [0.15, 0.2) is 60.7 Å². The summed E-state index contributed by atoms with van der Waals surface area (Å²) in [6.45, 7) is 4.37. The van der Waals surface area contributed by atoms with Gasteiger partial charge < -0.3 is 14.0 Å². The van der Waals surface area contributed by atoms with E-state index in [9.17, 15) is 0 Å². The summed E-state index contributed by atoms with van der Waals surface area (Å²) >= 11 is 0. The van der Waals surface area contributed by atoms with E-state index in [1.54, 1.807) is 0 Å². The quantitative estimate of drug-likeness (QED) is 0.103. The summed E-state index contributed by atoms with van der Waals surface area (Å²) in [5.74, 6) is 1.99. The summed E-state index contributed by atoms with van der Waals surface area (Å²) in [4.78, 5) is 0. The molecule has 0 saturated carbocycles. The van der Waals surface area contributed by atoms with E-state index < -0.39 is 0 Å². The van der Waals surface area contributed by atoms with Gasteiger partial charge in [-0.05, 0) is 62.8 Å². The van der Waals surface area contributed by atoms with Gasteiger partial charge in [-0.1, -0.05) is 101 Å². The smallest absolute Gasteiger partial charge is 0.119 e. The van der Waals surface area contributed by atoms with E-state index in [2.05, 4.69) is 14.1 Å². The Kier molecular flexibility index (Phi) is 17.7. The summed E-state index contributed by atoms with van der Waals surface area (Å²) in [6, 6.07) is 20.3. The summed E-state index contributed by atoms with van der Waals surface area (Å²) in [7, 11) is 4.85. The maximum atomic E-state index is 5.77. The van der Waals surface area contributed by atoms with Crippen molar-refractivity contribution in [3.8, 4) is 11.5 Å². The highest BCUT2D eigenvalue weighted by Gasteiger charge is 2.13. The van der Waals surface area contributed by atoms with Crippen molar-refractivity contribution >= 4 is 0 Å². The van der Waals surface area contributed by atoms with Gasteiger partial charge in [0.25, 0.3) is 0 Å². The number of benzene rings is 2. The molecular formula is C34H56NO2+. The lowest BCUT2D eigenvalue weighted by molar-refractivity contribution is -0.890. The van der Waals surface area contributed by atoms with Crippen molar-refractivity contribution in [3.05, 3.63) is 60.7 Å². The van der Waals surface area contributed by atoms with Crippen molar-refractivity contribution in [1.29, 1.82) is 0 Å². The van der Waals surface area contributed by atoms with Gasteiger partial charge in [-0.2, -0.15) is 0 Å². The van der Waals surface area contributed by atoms with Crippen molar-refractivity contribution < 1.29 is 14.0 Å². The molecule has 3 heteroatoms. The Morgan fingerprint density at radius 1 is 0.405 bits per heavy atom. The molecule has 0 amide bonds. The number of rotatable bonds is 24. The molecule has 208 valence electrons. The molecular weight excluding hydrogens is 454 g/mol. The summed E-state index contributed by atoms with van der Waals surface area (Å²) in [6.07, 6.45) is 21.5. The zero-order valence-electron chi connectivity index (χ0n) is 24.2. The third-order valence-corrected chi connectivity index (χ3v) is 7.34. The van der Waals surface area contributed by atoms with Gasteiger partial charge in [0.2, 0.25) is 0 Å². The van der Waals surface area contributed by atoms with E-state index in [1.165, 1.54) is 120 Å². The molecule has 0 aliphatic heterocycles. The van der Waals surface area contributed by atoms with Crippen LogP contribution in [0.2, 0.25) is 0 Å². The molecule has 0 unspecified atom stereocenters. The average molecular weight is 511 g/mol. The minimum absolute atomic E-state index is 0.850. The number of hydrogen-bond donors (Lipinski definition) is 0. The lowest BCUT2D eigenvalue weighted by Crippen LogP contribution is -2.41. The fourth-order valence-electron chi connectivity index (χ4n) is 4.93. The number of ether oxygens (including phenoxy) is 2. The lowest BCUT2D eigenvalue weighted by Gasteiger charge is -2.30. The predicted molar refractivity (Wildman–Crippen MR) is 160 cm³/mol. The second kappa shape index (κ2) is 21.0. The highest BCUT2D eigenvalue weighted by Crippen LogP contribution is 2.15. The molecule has 0 N–H and O–H groups in total. The minimum Gasteiger partial charge on any atom is -0.494 e. The van der Waals surface area contributed by atoms with Crippen molar-refractivity contribution in [1.82, 2.24) is 0 Å². The standard InChI is InChI=1S/C34H56NO2/c1-35(2,29-21-11-7-3-5-9-13-23-31-36-33-25-17-15-18-26-33)30-22-12-8-4-6-10-14-24-32-37-34-27-19-16-20-28-34/h15-20,25-28H,3-14,21-24,29-32H2,1-2H3/q+1. The number of quaternary nitrogens is 1. The second-order valence-corrected chi connectivity index (χ2v) is 11.4. The Hall–Kier alpha value is -2.00. The topological polar surface area (TPSA) is 18.5 Å². The first-order chi connectivity index (χ1) is 18.2. The van der Waals surface area contributed by atoms with Crippen LogP contribution in [0.4, 0.5) is 0 Å². The number of hydrogen-bond acceptors (Lipinski definition) is 2. The van der Waals surface area contributed by atoms with Crippen LogP contribution in [0, 0.1) is 0 Å².